The maximum Gasteiger partial charge on any atom is 0.255 e. The van der Waals surface area contributed by atoms with E-state index in [4.69, 9.17) is 4.52 Å². The fourth-order valence-corrected chi connectivity index (χ4v) is 2.35. The number of carbonyl (C=O) groups is 1. The molecule has 0 radical (unpaired) electrons. The van der Waals surface area contributed by atoms with Gasteiger partial charge >= 0.3 is 0 Å². The van der Waals surface area contributed by atoms with Crippen molar-refractivity contribution in [3.63, 3.8) is 0 Å². The maximum atomic E-state index is 13.5. The van der Waals surface area contributed by atoms with E-state index in [0.717, 1.165) is 11.3 Å². The molecule has 20 heavy (non-hydrogen) atoms. The smallest absolute Gasteiger partial charge is 0.255 e. The van der Waals surface area contributed by atoms with E-state index in [-0.39, 0.29) is 10.4 Å². The minimum atomic E-state index is -0.457. The summed E-state index contributed by atoms with van der Waals surface area (Å²) in [5, 5.41) is 3.85. The Morgan fingerprint density at radius 1 is 1.45 bits per heavy atom. The summed E-state index contributed by atoms with van der Waals surface area (Å²) in [4.78, 5) is 13.9. The monoisotopic (exact) mass is 340 g/mol. The van der Waals surface area contributed by atoms with Crippen LogP contribution in [0.3, 0.4) is 0 Å². The van der Waals surface area contributed by atoms with Gasteiger partial charge in [0.15, 0.2) is 0 Å². The molecule has 2 rings (SSSR count). The third-order valence-corrected chi connectivity index (χ3v) is 3.91. The van der Waals surface area contributed by atoms with Gasteiger partial charge in [0.25, 0.3) is 5.91 Å². The molecular weight excluding hydrogens is 327 g/mol. The van der Waals surface area contributed by atoms with Crippen LogP contribution in [0.1, 0.15) is 27.4 Å². The van der Waals surface area contributed by atoms with Gasteiger partial charge in [-0.2, -0.15) is 0 Å². The molecule has 1 amide bonds. The zero-order valence-electron chi connectivity index (χ0n) is 11.4. The number of nitrogens with zero attached hydrogens (tertiary/aromatic N) is 2. The number of hydrogen-bond acceptors (Lipinski definition) is 3. The van der Waals surface area contributed by atoms with Crippen LogP contribution in [0.2, 0.25) is 0 Å². The highest BCUT2D eigenvalue weighted by Crippen LogP contribution is 2.23. The summed E-state index contributed by atoms with van der Waals surface area (Å²) in [6.07, 6.45) is 0. The average Bonchev–Trinajstić information content (AvgIpc) is 2.73. The predicted molar refractivity (Wildman–Crippen MR) is 75.9 cm³/mol. The standard InChI is InChI=1S/C14H14BrFN2O2/c1-8-11(9(2)20-17-8)7-18(3)14(19)10-5-4-6-12(16)13(10)15/h4-6H,7H2,1-3H3. The van der Waals surface area contributed by atoms with Crippen molar-refractivity contribution >= 4 is 21.8 Å². The zero-order valence-corrected chi connectivity index (χ0v) is 13.0. The molecular formula is C14H14BrFN2O2. The lowest BCUT2D eigenvalue weighted by Crippen LogP contribution is -2.27. The molecule has 0 saturated heterocycles. The predicted octanol–water partition coefficient (Wildman–Crippen LogP) is 3.47. The lowest BCUT2D eigenvalue weighted by molar-refractivity contribution is 0.0783. The molecule has 0 N–H and O–H groups in total. The van der Waals surface area contributed by atoms with E-state index >= 15 is 0 Å². The lowest BCUT2D eigenvalue weighted by atomic mass is 10.1. The molecule has 4 nitrogen and oxygen atoms in total. The summed E-state index contributed by atoms with van der Waals surface area (Å²) in [7, 11) is 1.66. The third-order valence-electron chi connectivity index (χ3n) is 3.11. The molecule has 0 aliphatic rings. The Kier molecular flexibility index (Phi) is 4.23. The van der Waals surface area contributed by atoms with Crippen molar-refractivity contribution in [2.75, 3.05) is 7.05 Å². The van der Waals surface area contributed by atoms with Gasteiger partial charge in [0.05, 0.1) is 22.3 Å². The second-order valence-electron chi connectivity index (χ2n) is 4.57. The van der Waals surface area contributed by atoms with Crippen molar-refractivity contribution in [3.8, 4) is 0 Å². The van der Waals surface area contributed by atoms with Gasteiger partial charge in [0.1, 0.15) is 11.6 Å². The summed E-state index contributed by atoms with van der Waals surface area (Å²) in [6.45, 7) is 3.98. The van der Waals surface area contributed by atoms with Crippen LogP contribution in [0.5, 0.6) is 0 Å². The number of rotatable bonds is 3. The number of aryl methyl sites for hydroxylation is 2. The summed E-state index contributed by atoms with van der Waals surface area (Å²) in [6, 6.07) is 4.39. The van der Waals surface area contributed by atoms with E-state index in [1.54, 1.807) is 20.0 Å². The second-order valence-corrected chi connectivity index (χ2v) is 5.36. The summed E-state index contributed by atoms with van der Waals surface area (Å²) in [5.74, 6) is -0.0431. The number of amides is 1. The fraction of sp³-hybridized carbons (Fsp3) is 0.286. The SMILES string of the molecule is Cc1noc(C)c1CN(C)C(=O)c1cccc(F)c1Br. The van der Waals surface area contributed by atoms with Gasteiger partial charge in [-0.05, 0) is 41.9 Å². The molecule has 6 heteroatoms. The average molecular weight is 341 g/mol. The summed E-state index contributed by atoms with van der Waals surface area (Å²) in [5.41, 5.74) is 1.91. The first-order valence-electron chi connectivity index (χ1n) is 6.03. The molecule has 0 unspecified atom stereocenters. The number of carbonyl (C=O) groups excluding carboxylic acids is 1. The van der Waals surface area contributed by atoms with E-state index in [0.29, 0.717) is 17.9 Å². The number of halogens is 2. The lowest BCUT2D eigenvalue weighted by Gasteiger charge is -2.18. The highest BCUT2D eigenvalue weighted by molar-refractivity contribution is 9.10. The molecule has 0 spiro atoms. The Hall–Kier alpha value is -1.69. The van der Waals surface area contributed by atoms with Gasteiger partial charge in [0.2, 0.25) is 0 Å². The zero-order chi connectivity index (χ0) is 14.9. The van der Waals surface area contributed by atoms with Crippen LogP contribution in [0.25, 0.3) is 0 Å². The van der Waals surface area contributed by atoms with Crippen LogP contribution in [-0.4, -0.2) is 23.0 Å². The topological polar surface area (TPSA) is 46.3 Å². The fourth-order valence-electron chi connectivity index (χ4n) is 1.91. The van der Waals surface area contributed by atoms with Crippen LogP contribution in [0, 0.1) is 19.7 Å². The molecule has 0 aliphatic heterocycles. The summed E-state index contributed by atoms with van der Waals surface area (Å²) >= 11 is 3.10. The first kappa shape index (κ1) is 14.7. The second kappa shape index (κ2) is 5.75. The van der Waals surface area contributed by atoms with E-state index in [1.807, 2.05) is 6.92 Å². The van der Waals surface area contributed by atoms with Crippen molar-refractivity contribution in [1.29, 1.82) is 0 Å². The van der Waals surface area contributed by atoms with Gasteiger partial charge in [-0.1, -0.05) is 11.2 Å². The molecule has 0 atom stereocenters. The van der Waals surface area contributed by atoms with E-state index in [1.165, 1.54) is 17.0 Å². The Labute approximate surface area is 124 Å². The highest BCUT2D eigenvalue weighted by atomic mass is 79.9. The summed E-state index contributed by atoms with van der Waals surface area (Å²) < 4.78 is 18.7. The molecule has 1 aromatic carbocycles. The van der Waals surface area contributed by atoms with E-state index in [9.17, 15) is 9.18 Å². The van der Waals surface area contributed by atoms with Crippen LogP contribution in [-0.2, 0) is 6.54 Å². The van der Waals surface area contributed by atoms with E-state index < -0.39 is 5.82 Å². The Morgan fingerprint density at radius 3 is 2.75 bits per heavy atom. The first-order valence-corrected chi connectivity index (χ1v) is 6.82. The molecule has 106 valence electrons. The van der Waals surface area contributed by atoms with Gasteiger partial charge < -0.3 is 9.42 Å². The largest absolute Gasteiger partial charge is 0.361 e. The van der Waals surface area contributed by atoms with Gasteiger partial charge in [-0.15, -0.1) is 0 Å². The van der Waals surface area contributed by atoms with Gasteiger partial charge in [-0.25, -0.2) is 4.39 Å². The molecule has 0 bridgehead atoms. The van der Waals surface area contributed by atoms with Crippen LogP contribution in [0.4, 0.5) is 4.39 Å². The molecule has 0 aliphatic carbocycles. The Balaban J connectivity index is 2.23. The molecule has 0 fully saturated rings. The quantitative estimate of drug-likeness (QED) is 0.859. The normalized spacial score (nSPS) is 10.7. The molecule has 1 aromatic heterocycles. The van der Waals surface area contributed by atoms with Crippen molar-refractivity contribution in [2.24, 2.45) is 0 Å². The minimum Gasteiger partial charge on any atom is -0.361 e. The number of benzene rings is 1. The van der Waals surface area contributed by atoms with Crippen LogP contribution >= 0.6 is 15.9 Å². The highest BCUT2D eigenvalue weighted by Gasteiger charge is 2.19. The molecule has 2 aromatic rings. The van der Waals surface area contributed by atoms with Crippen molar-refractivity contribution < 1.29 is 13.7 Å². The van der Waals surface area contributed by atoms with Crippen molar-refractivity contribution in [1.82, 2.24) is 10.1 Å². The minimum absolute atomic E-state index is 0.176. The van der Waals surface area contributed by atoms with Crippen molar-refractivity contribution in [2.45, 2.75) is 20.4 Å². The van der Waals surface area contributed by atoms with Gasteiger partial charge in [0, 0.05) is 12.6 Å². The van der Waals surface area contributed by atoms with E-state index in [2.05, 4.69) is 21.1 Å². The molecule has 0 saturated carbocycles. The maximum absolute atomic E-state index is 13.5. The Bertz CT molecular complexity index is 635. The number of hydrogen-bond donors (Lipinski definition) is 0. The molecule has 1 heterocycles. The number of aromatic nitrogens is 1. The van der Waals surface area contributed by atoms with Crippen molar-refractivity contribution in [3.05, 3.63) is 51.1 Å². The first-order chi connectivity index (χ1) is 9.41. The van der Waals surface area contributed by atoms with Crippen LogP contribution < -0.4 is 0 Å². The Morgan fingerprint density at radius 2 is 2.15 bits per heavy atom. The third kappa shape index (κ3) is 2.75. The van der Waals surface area contributed by atoms with Gasteiger partial charge in [-0.3, -0.25) is 4.79 Å². The van der Waals surface area contributed by atoms with Crippen LogP contribution in [0.15, 0.2) is 27.2 Å².